The molecule has 0 bridgehead atoms. The van der Waals surface area contributed by atoms with E-state index in [1.807, 2.05) is 6.92 Å². The zero-order valence-electron chi connectivity index (χ0n) is 16.8. The van der Waals surface area contributed by atoms with Gasteiger partial charge in [-0.05, 0) is 44.0 Å². The van der Waals surface area contributed by atoms with Crippen LogP contribution >= 0.6 is 0 Å². The topological polar surface area (TPSA) is 119 Å². The van der Waals surface area contributed by atoms with Gasteiger partial charge in [0.25, 0.3) is 11.5 Å². The Bertz CT molecular complexity index is 1060. The lowest BCUT2D eigenvalue weighted by atomic mass is 10.1. The molecule has 1 fully saturated rings. The molecule has 1 aliphatic heterocycles. The summed E-state index contributed by atoms with van der Waals surface area (Å²) in [5.74, 6) is -1.56. The van der Waals surface area contributed by atoms with Crippen molar-refractivity contribution in [1.82, 2.24) is 19.5 Å². The van der Waals surface area contributed by atoms with Crippen molar-refractivity contribution in [3.05, 3.63) is 77.0 Å². The van der Waals surface area contributed by atoms with Crippen molar-refractivity contribution in [2.75, 3.05) is 11.9 Å². The van der Waals surface area contributed by atoms with Crippen LogP contribution in [0.4, 0.5) is 10.1 Å². The van der Waals surface area contributed by atoms with Crippen LogP contribution in [0.2, 0.25) is 0 Å². The maximum Gasteiger partial charge on any atom is 0.274 e. The Balaban J connectivity index is 0.000000287. The number of amides is 1. The normalized spacial score (nSPS) is 17.9. The lowest BCUT2D eigenvalue weighted by Gasteiger charge is -2.22. The van der Waals surface area contributed by atoms with Gasteiger partial charge in [0, 0.05) is 18.5 Å². The second-order valence-electron chi connectivity index (χ2n) is 6.83. The van der Waals surface area contributed by atoms with E-state index in [1.165, 1.54) is 30.6 Å². The lowest BCUT2D eigenvalue weighted by molar-refractivity contribution is -0.0472. The third-order valence-electron chi connectivity index (χ3n) is 4.38. The zero-order valence-corrected chi connectivity index (χ0v) is 16.8. The van der Waals surface area contributed by atoms with Crippen molar-refractivity contribution >= 4 is 11.6 Å². The largest absolute Gasteiger partial charge is 0.391 e. The number of nitrogens with zero attached hydrogens (tertiary/aromatic N) is 4. The van der Waals surface area contributed by atoms with Crippen LogP contribution in [0.15, 0.2) is 59.8 Å². The molecular formula is C21H22FN5O4. The van der Waals surface area contributed by atoms with Crippen LogP contribution in [-0.2, 0) is 4.74 Å². The summed E-state index contributed by atoms with van der Waals surface area (Å²) in [6.45, 7) is 2.56. The van der Waals surface area contributed by atoms with Crippen molar-refractivity contribution in [1.29, 1.82) is 0 Å². The molecule has 1 aliphatic rings. The number of ether oxygens (including phenoxy) is 1. The molecule has 9 nitrogen and oxygen atoms in total. The summed E-state index contributed by atoms with van der Waals surface area (Å²) in [5.41, 5.74) is -0.149. The van der Waals surface area contributed by atoms with Gasteiger partial charge in [-0.2, -0.15) is 4.39 Å². The van der Waals surface area contributed by atoms with E-state index in [2.05, 4.69) is 20.3 Å². The van der Waals surface area contributed by atoms with E-state index in [1.54, 1.807) is 18.3 Å². The number of rotatable bonds is 3. The molecule has 4 heterocycles. The number of carbonyl (C=O) groups is 1. The molecule has 10 heteroatoms. The van der Waals surface area contributed by atoms with Crippen LogP contribution < -0.4 is 10.9 Å². The van der Waals surface area contributed by atoms with Crippen LogP contribution in [0.25, 0.3) is 5.95 Å². The minimum atomic E-state index is -0.817. The Hall–Kier alpha value is -3.50. The SMILES string of the molecule is CC1CCC(O)CO1.O=C(Nc1cccnc1)c1ccnc(-n2c(F)cccc2=O)n1. The summed E-state index contributed by atoms with van der Waals surface area (Å²) < 4.78 is 19.6. The van der Waals surface area contributed by atoms with Crippen molar-refractivity contribution in [3.8, 4) is 5.95 Å². The van der Waals surface area contributed by atoms with E-state index in [0.717, 1.165) is 18.9 Å². The summed E-state index contributed by atoms with van der Waals surface area (Å²) in [7, 11) is 0. The number of halogens is 1. The Morgan fingerprint density at radius 3 is 2.71 bits per heavy atom. The van der Waals surface area contributed by atoms with E-state index in [9.17, 15) is 14.0 Å². The number of nitrogens with one attached hydrogen (secondary N) is 1. The van der Waals surface area contributed by atoms with Crippen LogP contribution in [0, 0.1) is 5.95 Å². The molecule has 2 atom stereocenters. The fourth-order valence-corrected chi connectivity index (χ4v) is 2.74. The van der Waals surface area contributed by atoms with Gasteiger partial charge in [0.1, 0.15) is 5.69 Å². The molecule has 4 rings (SSSR count). The van der Waals surface area contributed by atoms with Crippen molar-refractivity contribution < 1.29 is 19.0 Å². The Morgan fingerprint density at radius 1 is 1.23 bits per heavy atom. The van der Waals surface area contributed by atoms with Crippen LogP contribution in [0.3, 0.4) is 0 Å². The van der Waals surface area contributed by atoms with Crippen molar-refractivity contribution in [3.63, 3.8) is 0 Å². The van der Waals surface area contributed by atoms with Gasteiger partial charge in [-0.15, -0.1) is 0 Å². The molecule has 3 aromatic heterocycles. The fourth-order valence-electron chi connectivity index (χ4n) is 2.74. The number of pyridine rings is 2. The smallest absolute Gasteiger partial charge is 0.274 e. The molecule has 0 radical (unpaired) electrons. The predicted molar refractivity (Wildman–Crippen MR) is 110 cm³/mol. The second-order valence-corrected chi connectivity index (χ2v) is 6.83. The number of hydrogen-bond donors (Lipinski definition) is 2. The van der Waals surface area contributed by atoms with Crippen molar-refractivity contribution in [2.45, 2.75) is 32.0 Å². The maximum absolute atomic E-state index is 13.8. The summed E-state index contributed by atoms with van der Waals surface area (Å²) in [6, 6.07) is 8.25. The number of anilines is 1. The summed E-state index contributed by atoms with van der Waals surface area (Å²) in [5, 5.41) is 11.5. The van der Waals surface area contributed by atoms with Gasteiger partial charge < -0.3 is 15.2 Å². The maximum atomic E-state index is 13.8. The van der Waals surface area contributed by atoms with Gasteiger partial charge in [0.05, 0.1) is 30.7 Å². The fraction of sp³-hybridized carbons (Fsp3) is 0.286. The van der Waals surface area contributed by atoms with E-state index in [-0.39, 0.29) is 17.7 Å². The van der Waals surface area contributed by atoms with E-state index in [0.29, 0.717) is 23.0 Å². The predicted octanol–water partition coefficient (Wildman–Crippen LogP) is 1.96. The molecule has 1 saturated heterocycles. The van der Waals surface area contributed by atoms with Gasteiger partial charge in [0.15, 0.2) is 0 Å². The molecule has 1 amide bonds. The lowest BCUT2D eigenvalue weighted by Crippen LogP contribution is -2.26. The van der Waals surface area contributed by atoms with Gasteiger partial charge in [0.2, 0.25) is 11.9 Å². The van der Waals surface area contributed by atoms with Crippen LogP contribution in [0.1, 0.15) is 30.3 Å². The number of carbonyl (C=O) groups excluding carboxylic acids is 1. The third kappa shape index (κ3) is 6.24. The number of aliphatic hydroxyl groups excluding tert-OH is 1. The van der Waals surface area contributed by atoms with Gasteiger partial charge in [-0.1, -0.05) is 6.07 Å². The Kier molecular flexibility index (Phi) is 7.52. The summed E-state index contributed by atoms with van der Waals surface area (Å²) in [4.78, 5) is 35.6. The molecule has 2 N–H and O–H groups in total. The van der Waals surface area contributed by atoms with E-state index >= 15 is 0 Å². The highest BCUT2D eigenvalue weighted by Crippen LogP contribution is 2.11. The Labute approximate surface area is 177 Å². The minimum absolute atomic E-state index is 0.00555. The highest BCUT2D eigenvalue weighted by molar-refractivity contribution is 6.02. The third-order valence-corrected chi connectivity index (χ3v) is 4.38. The average Bonchev–Trinajstić information content (AvgIpc) is 2.77. The molecule has 0 aliphatic carbocycles. The van der Waals surface area contributed by atoms with Gasteiger partial charge in [-0.25, -0.2) is 14.5 Å². The quantitative estimate of drug-likeness (QED) is 0.613. The van der Waals surface area contributed by atoms with Crippen LogP contribution in [0.5, 0.6) is 0 Å². The van der Waals surface area contributed by atoms with Gasteiger partial charge >= 0.3 is 0 Å². The molecule has 3 aromatic rings. The first-order chi connectivity index (χ1) is 14.9. The monoisotopic (exact) mass is 427 g/mol. The molecular weight excluding hydrogens is 405 g/mol. The minimum Gasteiger partial charge on any atom is -0.391 e. The highest BCUT2D eigenvalue weighted by Gasteiger charge is 2.15. The molecule has 2 unspecified atom stereocenters. The second kappa shape index (κ2) is 10.5. The van der Waals surface area contributed by atoms with E-state index in [4.69, 9.17) is 9.84 Å². The summed E-state index contributed by atoms with van der Waals surface area (Å²) in [6.07, 6.45) is 6.39. The van der Waals surface area contributed by atoms with Gasteiger partial charge in [-0.3, -0.25) is 14.6 Å². The number of aliphatic hydroxyl groups is 1. The first-order valence-corrected chi connectivity index (χ1v) is 9.66. The molecule has 0 saturated carbocycles. The average molecular weight is 427 g/mol. The molecule has 0 aromatic carbocycles. The standard InChI is InChI=1S/C15H10FN5O2.C6H12O2/c16-12-4-1-5-13(22)21(12)15-18-8-6-11(20-15)14(23)19-10-3-2-7-17-9-10;1-5-2-3-6(7)4-8-5/h1-9H,(H,19,23);5-7H,2-4H2,1H3. The molecule has 31 heavy (non-hydrogen) atoms. The Morgan fingerprint density at radius 2 is 2.06 bits per heavy atom. The first-order valence-electron chi connectivity index (χ1n) is 9.66. The first kappa shape index (κ1) is 22.2. The number of hydrogen-bond acceptors (Lipinski definition) is 7. The highest BCUT2D eigenvalue weighted by atomic mass is 19.1. The molecule has 0 spiro atoms. The zero-order chi connectivity index (χ0) is 22.2. The van der Waals surface area contributed by atoms with Crippen molar-refractivity contribution in [2.24, 2.45) is 0 Å². The molecule has 162 valence electrons. The summed E-state index contributed by atoms with van der Waals surface area (Å²) >= 11 is 0. The number of aromatic nitrogens is 4. The van der Waals surface area contributed by atoms with E-state index < -0.39 is 17.4 Å². The van der Waals surface area contributed by atoms with Crippen LogP contribution in [-0.4, -0.2) is 49.3 Å².